The van der Waals surface area contributed by atoms with Gasteiger partial charge in [-0.3, -0.25) is 50.6 Å². The average molecular weight is 2670 g/mol. The van der Waals surface area contributed by atoms with Crippen molar-refractivity contribution >= 4 is 126 Å². The second-order valence-corrected chi connectivity index (χ2v) is 28.4. The van der Waals surface area contributed by atoms with Crippen molar-refractivity contribution in [2.75, 3.05) is 96.9 Å². The van der Waals surface area contributed by atoms with Crippen LogP contribution in [0.3, 0.4) is 0 Å². The van der Waals surface area contributed by atoms with Crippen molar-refractivity contribution < 1.29 is 271 Å². The minimum Gasteiger partial charge on any atom is -0.507 e. The molecule has 28 nitrogen and oxygen atoms in total. The normalized spacial score (nSPS) is 8.17. The first-order chi connectivity index (χ1) is 66.4. The van der Waals surface area contributed by atoms with E-state index in [2.05, 4.69) is 146 Å². The Kier molecular flexibility index (Phi) is 143. The molecule has 0 bridgehead atoms. The number of hydrogen-bond acceptors (Lipinski definition) is 25. The van der Waals surface area contributed by atoms with Gasteiger partial charge in [0.2, 0.25) is 0 Å². The van der Waals surface area contributed by atoms with E-state index in [1.54, 1.807) is 82.0 Å². The fourth-order valence-corrected chi connectivity index (χ4v) is 14.2. The van der Waals surface area contributed by atoms with Crippen LogP contribution in [0, 0.1) is 95.1 Å². The molecular formula is C110H160BBrN8O20S4Y6-6. The van der Waals surface area contributed by atoms with Gasteiger partial charge in [0.05, 0.1) is 32.9 Å². The summed E-state index contributed by atoms with van der Waals surface area (Å²) in [5.74, 6) is 4.82. The van der Waals surface area contributed by atoms with Crippen LogP contribution < -0.4 is 39.6 Å². The first-order valence-corrected chi connectivity index (χ1v) is 47.5. The van der Waals surface area contributed by atoms with Crippen molar-refractivity contribution in [1.29, 1.82) is 0 Å². The van der Waals surface area contributed by atoms with Crippen molar-refractivity contribution in [1.82, 2.24) is 9.80 Å². The largest absolute Gasteiger partial charge is 0.507 e. The molecule has 0 aliphatic carbocycles. The number of fused-ring (bicyclic) bond motifs is 6. The zero-order valence-corrected chi connectivity index (χ0v) is 116. The third kappa shape index (κ3) is 77.6. The monoisotopic (exact) mass is 2670 g/mol. The van der Waals surface area contributed by atoms with Crippen LogP contribution in [0.4, 0.5) is 0 Å². The topological polar surface area (TPSA) is 384 Å². The second kappa shape index (κ2) is 118. The van der Waals surface area contributed by atoms with Crippen LogP contribution in [0.25, 0.3) is 73.7 Å². The number of nitrogens with zero attached hydrogens (tertiary/aromatic N) is 7. The summed E-state index contributed by atoms with van der Waals surface area (Å²) in [5, 5.41) is 87.3. The maximum absolute atomic E-state index is 9.58. The number of para-hydroxylation sites is 8. The van der Waals surface area contributed by atoms with Gasteiger partial charge >= 0.3 is 7.12 Å². The number of phenolic OH excluding ortho intramolecular Hbond substituents is 2. The summed E-state index contributed by atoms with van der Waals surface area (Å²) < 4.78 is 39.2. The van der Waals surface area contributed by atoms with E-state index in [0.29, 0.717) is 44.2 Å². The number of thiophene rings is 2. The fourth-order valence-electron chi connectivity index (χ4n) is 10.8. The number of thiocarbonyl (C=S) groups is 2. The van der Waals surface area contributed by atoms with E-state index < -0.39 is 31.7 Å². The molecule has 2 heterocycles. The summed E-state index contributed by atoms with van der Waals surface area (Å²) in [4.78, 5) is 45.5. The molecule has 0 fully saturated rings. The molecule has 0 unspecified atom stereocenters. The maximum Gasteiger partial charge on any atom is 0.492 e. The summed E-state index contributed by atoms with van der Waals surface area (Å²) in [6, 6.07) is 94.1. The van der Waals surface area contributed by atoms with Gasteiger partial charge in [0.15, 0.2) is 35.2 Å². The standard InChI is InChI=1S/C22H28N2O2S2.C14H14O2.C12H10O2.2C12H8S.C7H9BO3.C7H7BrO.6C2H6.5CH3NO2.CH5N.6CH3.6Y.H2/c1-5-23(6-2)21(27)25-19-15-11-9-13-17(19)18-14-10-12-16-20(18)26-22(28)24(7-3)8-4;1-15-13-9-5-3-7-11(13)12-8-4-6-10-14(12)16-2;13-11-7-3-1-5-9(11)10-6-2-4-8-12(10)14;2*1-3-7-11-9(5-1)10-6-2-4-8-12(10)13-11;1-11-7-5-3-2-4-6(7)8(9)10;1-9-7-5-3-2-4-6(7)8;6*1-2;5*1-2(3)4;1-2;;;;;;;;;;;;;/h9-16H,5-8H2,1-4H3;3-10H,1-2H3;1-8,13-14H;2*1-8H;2-5,9-10H,1H3;2-5H,1H3;6*1-2H3;5*1H3;2H2,1H3;6*1H3;;;;;;;1H/q;;;;;;;;;;;;;;;;;;;6*-1;;;;;;;/i;;;;;;;;;;;;;;;;;;;;;;;;;;;;;;;1+1. The summed E-state index contributed by atoms with van der Waals surface area (Å²) in [6.45, 7) is 35.4. The number of rotatable bonds is 14. The maximum atomic E-state index is 9.58. The smallest absolute Gasteiger partial charge is 0.492 e. The molecular weight excluding hydrogens is 2510 g/mol. The van der Waals surface area contributed by atoms with Gasteiger partial charge in [0.25, 0.3) is 10.3 Å². The SMILES string of the molecule is CC.CC.CC.CC.CC.CC.CCN(CC)C(=S)Oc1ccccc1-c1ccccc1OC(=S)N(CC)CC.CN.COc1ccccc1-c1ccccc1OC.COc1ccccc1B(O)O.COc1ccccc1Br.C[N+](=O)[O-].C[N+](=O)[O-].C[N+](=O)[O-].C[N+](=O)[O-].C[N+](=O)[O-].Oc1ccccc1-c1ccccc1O.[2HH].[CH3-].[CH3-].[CH3-].[CH3-].[CH3-].[CH3-].[Y].[Y].[Y].[Y].[Y].[Y].c1ccc2c(c1)sc1ccccc12.c1ccc2c(c1)sc1ccccc12. The van der Waals surface area contributed by atoms with Crippen LogP contribution in [0.2, 0.25) is 0 Å². The molecule has 12 aromatic carbocycles. The fraction of sp³-hybridized carbons (Fsp3) is 0.273. The molecule has 150 heavy (non-hydrogen) atoms. The predicted molar refractivity (Wildman–Crippen MR) is 630 cm³/mol. The van der Waals surface area contributed by atoms with Crippen LogP contribution in [0.5, 0.6) is 46.0 Å². The Hall–Kier alpha value is -6.69. The molecule has 6 N–H and O–H groups in total. The van der Waals surface area contributed by atoms with E-state index in [9.17, 15) is 10.2 Å². The Morgan fingerprint density at radius 2 is 0.487 bits per heavy atom. The summed E-state index contributed by atoms with van der Waals surface area (Å²) in [6.07, 6.45) is 0. The first-order valence-electron chi connectivity index (χ1n) is 44.3. The van der Waals surface area contributed by atoms with Crippen LogP contribution in [-0.4, -0.2) is 169 Å². The molecule has 6 radical (unpaired) electrons. The minimum atomic E-state index is -1.47. The number of methoxy groups -OCH3 is 4. The molecule has 0 saturated heterocycles. The summed E-state index contributed by atoms with van der Waals surface area (Å²) in [5.41, 5.74) is 10.1. The Bertz CT molecular complexity index is 5230. The molecule has 0 aliphatic rings. The quantitative estimate of drug-likeness (QED) is 0.0222. The van der Waals surface area contributed by atoms with Gasteiger partial charge in [0, 0.05) is 328 Å². The van der Waals surface area contributed by atoms with Crippen LogP contribution in [0.15, 0.2) is 296 Å². The molecule has 0 aliphatic heterocycles. The number of phenols is 2. The van der Waals surface area contributed by atoms with E-state index >= 15 is 0 Å². The number of nitro groups is 5. The molecule has 40 heteroatoms. The van der Waals surface area contributed by atoms with Crippen LogP contribution >= 0.6 is 63.0 Å². The van der Waals surface area contributed by atoms with Gasteiger partial charge < -0.3 is 109 Å². The van der Waals surface area contributed by atoms with Crippen molar-refractivity contribution in [2.45, 2.75) is 111 Å². The number of ether oxygens (including phenoxy) is 6. The molecule has 0 atom stereocenters. The van der Waals surface area contributed by atoms with E-state index in [-0.39, 0.29) is 254 Å². The van der Waals surface area contributed by atoms with Crippen LogP contribution in [0.1, 0.15) is 112 Å². The summed E-state index contributed by atoms with van der Waals surface area (Å²) >= 11 is 18.0. The van der Waals surface area contributed by atoms with Gasteiger partial charge in [-0.05, 0) is 154 Å². The van der Waals surface area contributed by atoms with Gasteiger partial charge in [-0.1, -0.05) is 295 Å². The van der Waals surface area contributed by atoms with Gasteiger partial charge in [-0.25, -0.2) is 0 Å². The van der Waals surface area contributed by atoms with Gasteiger partial charge in [-0.15, -0.1) is 22.7 Å². The Balaban J connectivity index is -0.0000000814. The molecule has 0 amide bonds. The van der Waals surface area contributed by atoms with Gasteiger partial charge in [-0.2, -0.15) is 0 Å². The van der Waals surface area contributed by atoms with E-state index in [1.807, 2.05) is 249 Å². The summed E-state index contributed by atoms with van der Waals surface area (Å²) in [7, 11) is 11.0. The van der Waals surface area contributed by atoms with E-state index in [1.165, 1.54) is 54.5 Å². The molecule has 14 rings (SSSR count). The minimum absolute atomic E-state index is 0. The zero-order valence-electron chi connectivity index (χ0n) is 93.6. The van der Waals surface area contributed by atoms with Crippen molar-refractivity contribution in [3.63, 3.8) is 0 Å². The van der Waals surface area contributed by atoms with Crippen LogP contribution in [-0.2, 0) is 196 Å². The molecule has 818 valence electrons. The Labute approximate surface area is 1080 Å². The zero-order chi connectivity index (χ0) is 106. The second-order valence-electron chi connectivity index (χ2n) is 24.6. The molecule has 14 aromatic rings. The predicted octanol–water partition coefficient (Wildman–Crippen LogP) is 29.6. The third-order valence-electron chi connectivity index (χ3n) is 16.1. The number of nitrogens with two attached hydrogens (primary N) is 1. The van der Waals surface area contributed by atoms with Gasteiger partial charge in [0.1, 0.15) is 46.0 Å². The van der Waals surface area contributed by atoms with Crippen molar-refractivity contribution in [2.24, 2.45) is 5.73 Å². The number of benzene rings is 12. The number of hydrogen-bond donors (Lipinski definition) is 5. The van der Waals surface area contributed by atoms with Crippen molar-refractivity contribution in [3.8, 4) is 79.4 Å². The first kappa shape index (κ1) is 182. The number of aromatic hydroxyl groups is 2. The van der Waals surface area contributed by atoms with E-state index in [4.69, 9.17) is 113 Å². The molecule has 0 saturated carbocycles. The molecule has 2 aromatic heterocycles. The average Bonchev–Trinajstić information content (AvgIpc) is 1.64. The third-order valence-corrected chi connectivity index (χ3v) is 19.8. The Morgan fingerprint density at radius 3 is 0.687 bits per heavy atom. The molecule has 0 spiro atoms. The van der Waals surface area contributed by atoms with E-state index in [0.717, 1.165) is 105 Å². The number of halogens is 1. The van der Waals surface area contributed by atoms with Crippen molar-refractivity contribution in [3.05, 3.63) is 391 Å². The Morgan fingerprint density at radius 1 is 0.313 bits per heavy atom.